The zero-order valence-electron chi connectivity index (χ0n) is 18.1. The molecule has 0 unspecified atom stereocenters. The maximum absolute atomic E-state index is 13.6. The van der Waals surface area contributed by atoms with E-state index in [1.165, 1.54) is 38.5 Å². The van der Waals surface area contributed by atoms with Gasteiger partial charge in [0.25, 0.3) is 11.8 Å². The Morgan fingerprint density at radius 2 is 1.64 bits per heavy atom. The smallest absolute Gasteiger partial charge is 0.282 e. The second-order valence-electron chi connectivity index (χ2n) is 7.32. The normalized spacial score (nSPS) is 13.5. The first-order valence-electron chi connectivity index (χ1n) is 9.98. The minimum atomic E-state index is -0.592. The Balaban J connectivity index is 1.88. The molecule has 8 heteroatoms. The van der Waals surface area contributed by atoms with Crippen molar-refractivity contribution in [1.82, 2.24) is 0 Å². The molecule has 168 valence electrons. The molecule has 0 atom stereocenters. The van der Waals surface area contributed by atoms with E-state index in [4.69, 9.17) is 21.1 Å². The van der Waals surface area contributed by atoms with Crippen LogP contribution in [0.5, 0.6) is 11.5 Å². The van der Waals surface area contributed by atoms with Crippen LogP contribution in [-0.4, -0.2) is 26.0 Å². The van der Waals surface area contributed by atoms with Gasteiger partial charge in [0.2, 0.25) is 0 Å². The van der Waals surface area contributed by atoms with Crippen molar-refractivity contribution in [1.29, 1.82) is 0 Å². The van der Waals surface area contributed by atoms with Gasteiger partial charge in [0.15, 0.2) is 0 Å². The lowest BCUT2D eigenvalue weighted by Gasteiger charge is -2.19. The molecule has 1 aliphatic rings. The summed E-state index contributed by atoms with van der Waals surface area (Å²) in [5.41, 5.74) is 2.15. The lowest BCUT2D eigenvalue weighted by Crippen LogP contribution is -2.32. The van der Waals surface area contributed by atoms with Crippen molar-refractivity contribution in [2.45, 2.75) is 6.92 Å². The van der Waals surface area contributed by atoms with Gasteiger partial charge in [0, 0.05) is 16.8 Å². The Kier molecular flexibility index (Phi) is 6.07. The van der Waals surface area contributed by atoms with Gasteiger partial charge in [-0.25, -0.2) is 9.29 Å². The molecular formula is C25H20ClFN2O4. The summed E-state index contributed by atoms with van der Waals surface area (Å²) in [5, 5.41) is 3.54. The van der Waals surface area contributed by atoms with E-state index in [9.17, 15) is 14.0 Å². The average molecular weight is 467 g/mol. The number of rotatable bonds is 6. The summed E-state index contributed by atoms with van der Waals surface area (Å²) in [4.78, 5) is 28.2. The Labute approximate surface area is 195 Å². The largest absolute Gasteiger partial charge is 0.497 e. The van der Waals surface area contributed by atoms with E-state index in [-0.39, 0.29) is 17.0 Å². The number of hydrogen-bond donors (Lipinski definition) is 1. The first-order chi connectivity index (χ1) is 15.8. The number of carbonyl (C=O) groups is 2. The van der Waals surface area contributed by atoms with Crippen LogP contribution >= 0.6 is 11.6 Å². The number of nitrogens with one attached hydrogen (secondary N) is 1. The first-order valence-corrected chi connectivity index (χ1v) is 10.4. The van der Waals surface area contributed by atoms with Crippen LogP contribution in [0.1, 0.15) is 11.1 Å². The SMILES string of the molecule is COc1ccc(OC)c(N2C(=O)C(Nc3cc(Cl)ccc3C)=C(c3ccc(F)cc3)C2=O)c1. The minimum absolute atomic E-state index is 0.0434. The summed E-state index contributed by atoms with van der Waals surface area (Å²) in [5.74, 6) is -0.869. The molecule has 6 nitrogen and oxygen atoms in total. The first kappa shape index (κ1) is 22.4. The summed E-state index contributed by atoms with van der Waals surface area (Å²) in [6.45, 7) is 1.85. The van der Waals surface area contributed by atoms with Crippen LogP contribution < -0.4 is 19.7 Å². The molecule has 0 aromatic heterocycles. The van der Waals surface area contributed by atoms with Gasteiger partial charge in [-0.15, -0.1) is 0 Å². The highest BCUT2D eigenvalue weighted by Gasteiger charge is 2.41. The molecule has 4 rings (SSSR count). The maximum atomic E-state index is 13.6. The fourth-order valence-corrected chi connectivity index (χ4v) is 3.76. The summed E-state index contributed by atoms with van der Waals surface area (Å²) in [6.07, 6.45) is 0. The molecule has 0 saturated heterocycles. The van der Waals surface area contributed by atoms with E-state index in [1.54, 1.807) is 36.4 Å². The van der Waals surface area contributed by atoms with Gasteiger partial charge in [0.05, 0.1) is 25.5 Å². The fraction of sp³-hybridized carbons (Fsp3) is 0.120. The van der Waals surface area contributed by atoms with E-state index in [2.05, 4.69) is 5.32 Å². The van der Waals surface area contributed by atoms with Gasteiger partial charge in [-0.05, 0) is 54.4 Å². The third-order valence-corrected chi connectivity index (χ3v) is 5.54. The number of aryl methyl sites for hydroxylation is 1. The summed E-state index contributed by atoms with van der Waals surface area (Å²) < 4.78 is 24.2. The van der Waals surface area contributed by atoms with Gasteiger partial charge < -0.3 is 14.8 Å². The topological polar surface area (TPSA) is 67.9 Å². The van der Waals surface area contributed by atoms with E-state index in [0.717, 1.165) is 10.5 Å². The molecule has 2 amide bonds. The Hall–Kier alpha value is -3.84. The van der Waals surface area contributed by atoms with Crippen molar-refractivity contribution in [2.75, 3.05) is 24.4 Å². The van der Waals surface area contributed by atoms with Crippen LogP contribution in [0.3, 0.4) is 0 Å². The third-order valence-electron chi connectivity index (χ3n) is 5.30. The Morgan fingerprint density at radius 3 is 2.30 bits per heavy atom. The van der Waals surface area contributed by atoms with Crippen molar-refractivity contribution in [2.24, 2.45) is 0 Å². The predicted octanol–water partition coefficient (Wildman–Crippen LogP) is 5.20. The molecule has 0 saturated carbocycles. The summed E-state index contributed by atoms with van der Waals surface area (Å²) in [6, 6.07) is 15.4. The standard InChI is InChI=1S/C25H20ClFN2O4/c1-14-4-7-16(26)12-19(14)28-23-22(15-5-8-17(27)9-6-15)24(30)29(25(23)31)20-13-18(32-2)10-11-21(20)33-3/h4-13,28H,1-3H3. The second kappa shape index (κ2) is 8.96. The number of anilines is 2. The summed E-state index contributed by atoms with van der Waals surface area (Å²) >= 11 is 6.15. The van der Waals surface area contributed by atoms with E-state index >= 15 is 0 Å². The molecule has 0 fully saturated rings. The van der Waals surface area contributed by atoms with Crippen LogP contribution in [0.4, 0.5) is 15.8 Å². The third kappa shape index (κ3) is 4.15. The van der Waals surface area contributed by atoms with Gasteiger partial charge in [-0.1, -0.05) is 29.8 Å². The molecule has 1 heterocycles. The quantitative estimate of drug-likeness (QED) is 0.506. The molecule has 1 aliphatic heterocycles. The molecule has 3 aromatic rings. The number of benzene rings is 3. The zero-order chi connectivity index (χ0) is 23.7. The van der Waals surface area contributed by atoms with Crippen molar-refractivity contribution in [3.05, 3.63) is 88.3 Å². The minimum Gasteiger partial charge on any atom is -0.497 e. The average Bonchev–Trinajstić information content (AvgIpc) is 3.05. The molecule has 33 heavy (non-hydrogen) atoms. The van der Waals surface area contributed by atoms with Crippen LogP contribution in [0.25, 0.3) is 5.57 Å². The number of hydrogen-bond acceptors (Lipinski definition) is 5. The molecular weight excluding hydrogens is 447 g/mol. The monoisotopic (exact) mass is 466 g/mol. The van der Waals surface area contributed by atoms with Crippen LogP contribution in [0.2, 0.25) is 5.02 Å². The van der Waals surface area contributed by atoms with Crippen molar-refractivity contribution < 1.29 is 23.5 Å². The highest BCUT2D eigenvalue weighted by atomic mass is 35.5. The molecule has 0 aliphatic carbocycles. The molecule has 3 aromatic carbocycles. The molecule has 0 spiro atoms. The molecule has 0 radical (unpaired) electrons. The van der Waals surface area contributed by atoms with E-state index in [1.807, 2.05) is 6.92 Å². The number of halogens is 2. The van der Waals surface area contributed by atoms with Crippen molar-refractivity contribution >= 4 is 40.4 Å². The maximum Gasteiger partial charge on any atom is 0.282 e. The van der Waals surface area contributed by atoms with Crippen LogP contribution in [-0.2, 0) is 9.59 Å². The van der Waals surface area contributed by atoms with Crippen LogP contribution in [0.15, 0.2) is 66.4 Å². The number of ether oxygens (including phenoxy) is 2. The number of carbonyl (C=O) groups excluding carboxylic acids is 2. The Morgan fingerprint density at radius 1 is 0.909 bits per heavy atom. The highest BCUT2D eigenvalue weighted by Crippen LogP contribution is 2.40. The predicted molar refractivity (Wildman–Crippen MR) is 125 cm³/mol. The van der Waals surface area contributed by atoms with E-state index < -0.39 is 17.6 Å². The lowest BCUT2D eigenvalue weighted by atomic mass is 10.0. The number of amides is 2. The number of methoxy groups -OCH3 is 2. The molecule has 1 N–H and O–H groups in total. The second-order valence-corrected chi connectivity index (χ2v) is 7.76. The zero-order valence-corrected chi connectivity index (χ0v) is 18.9. The van der Waals surface area contributed by atoms with Gasteiger partial charge in [0.1, 0.15) is 23.0 Å². The van der Waals surface area contributed by atoms with E-state index in [0.29, 0.717) is 27.8 Å². The van der Waals surface area contributed by atoms with Crippen LogP contribution in [0, 0.1) is 12.7 Å². The van der Waals surface area contributed by atoms with Crippen molar-refractivity contribution in [3.8, 4) is 11.5 Å². The summed E-state index contributed by atoms with van der Waals surface area (Å²) in [7, 11) is 2.93. The van der Waals surface area contributed by atoms with Crippen molar-refractivity contribution in [3.63, 3.8) is 0 Å². The van der Waals surface area contributed by atoms with Gasteiger partial charge in [-0.2, -0.15) is 0 Å². The lowest BCUT2D eigenvalue weighted by molar-refractivity contribution is -0.120. The molecule has 0 bridgehead atoms. The van der Waals surface area contributed by atoms with Gasteiger partial charge in [-0.3, -0.25) is 9.59 Å². The van der Waals surface area contributed by atoms with Gasteiger partial charge >= 0.3 is 0 Å². The number of imide groups is 1. The Bertz CT molecular complexity index is 1290. The number of nitrogens with zero attached hydrogens (tertiary/aromatic N) is 1. The fourth-order valence-electron chi connectivity index (χ4n) is 3.58. The highest BCUT2D eigenvalue weighted by molar-refractivity contribution is 6.46.